The maximum atomic E-state index is 11.1. The highest BCUT2D eigenvalue weighted by molar-refractivity contribution is 7.80. The average molecular weight is 588 g/mol. The van der Waals surface area contributed by atoms with Crippen LogP contribution in [0.25, 0.3) is 11.3 Å². The van der Waals surface area contributed by atoms with Crippen molar-refractivity contribution in [3.05, 3.63) is 106 Å². The molecule has 10 heteroatoms. The van der Waals surface area contributed by atoms with E-state index in [4.69, 9.17) is 28.2 Å². The molecule has 2 aromatic carbocycles. The van der Waals surface area contributed by atoms with Gasteiger partial charge in [-0.3, -0.25) is 15.1 Å². The van der Waals surface area contributed by atoms with Gasteiger partial charge in [0.2, 0.25) is 0 Å². The number of nitro benzene ring substituents is 1. The van der Waals surface area contributed by atoms with Crippen LogP contribution in [0.2, 0.25) is 5.02 Å². The minimum Gasteiger partial charge on any atom is -0.459 e. The molecule has 0 aliphatic carbocycles. The molecule has 210 valence electrons. The minimum atomic E-state index is -0.416. The van der Waals surface area contributed by atoms with Gasteiger partial charge >= 0.3 is 0 Å². The molecule has 6 rings (SSSR count). The largest absolute Gasteiger partial charge is 0.459 e. The summed E-state index contributed by atoms with van der Waals surface area (Å²) in [6.07, 6.45) is 2.98. The number of pyridine rings is 1. The number of rotatable bonds is 6. The number of halogens is 1. The Morgan fingerprint density at radius 3 is 2.46 bits per heavy atom. The molecule has 2 saturated heterocycles. The molecule has 2 aliphatic heterocycles. The van der Waals surface area contributed by atoms with E-state index in [-0.39, 0.29) is 17.8 Å². The van der Waals surface area contributed by atoms with Crippen molar-refractivity contribution in [3.8, 4) is 11.3 Å². The Hall–Kier alpha value is -3.95. The third kappa shape index (κ3) is 5.39. The lowest BCUT2D eigenvalue weighted by molar-refractivity contribution is -0.384. The first-order valence-corrected chi connectivity index (χ1v) is 14.5. The topological polar surface area (TPSA) is 87.7 Å². The summed E-state index contributed by atoms with van der Waals surface area (Å²) in [5.74, 6) is 2.50. The number of nitro groups is 1. The Kier molecular flexibility index (Phi) is 7.40. The van der Waals surface area contributed by atoms with Crippen molar-refractivity contribution < 1.29 is 9.34 Å². The number of nitrogens with one attached hydrogen (secondary N) is 1. The molecule has 0 amide bonds. The molecule has 2 aliphatic rings. The highest BCUT2D eigenvalue weighted by Crippen LogP contribution is 2.44. The fourth-order valence-electron chi connectivity index (χ4n) is 6.10. The SMILES string of the molecule is C[C@@H]1C[C@H](C)CN(c2ccc(N3C(=S)N[C@H](c4ccccn4)[C@H]3c3ccc(-c4ccc([N+](=O)[O-])cc4)o3)cc2Cl)C1. The third-order valence-electron chi connectivity index (χ3n) is 7.80. The minimum absolute atomic E-state index is 0.0288. The molecule has 2 fully saturated rings. The Bertz CT molecular complexity index is 1570. The van der Waals surface area contributed by atoms with E-state index < -0.39 is 4.92 Å². The molecule has 0 radical (unpaired) electrons. The monoisotopic (exact) mass is 587 g/mol. The number of thiocarbonyl (C=S) groups is 1. The van der Waals surface area contributed by atoms with Crippen LogP contribution < -0.4 is 15.1 Å². The zero-order valence-corrected chi connectivity index (χ0v) is 24.3. The molecule has 0 bridgehead atoms. The summed E-state index contributed by atoms with van der Waals surface area (Å²) >= 11 is 12.8. The molecule has 0 saturated carbocycles. The van der Waals surface area contributed by atoms with Gasteiger partial charge in [0, 0.05) is 42.7 Å². The maximum Gasteiger partial charge on any atom is 0.269 e. The van der Waals surface area contributed by atoms with E-state index in [1.54, 1.807) is 18.3 Å². The predicted molar refractivity (Wildman–Crippen MR) is 165 cm³/mol. The molecule has 4 aromatic rings. The fourth-order valence-corrected chi connectivity index (χ4v) is 6.74. The Morgan fingerprint density at radius 2 is 1.80 bits per heavy atom. The number of furan rings is 1. The van der Waals surface area contributed by atoms with Gasteiger partial charge in [-0.25, -0.2) is 0 Å². The van der Waals surface area contributed by atoms with Gasteiger partial charge in [0.05, 0.1) is 27.4 Å². The van der Waals surface area contributed by atoms with Gasteiger partial charge in [0.1, 0.15) is 17.6 Å². The van der Waals surface area contributed by atoms with Crippen molar-refractivity contribution in [1.82, 2.24) is 10.3 Å². The zero-order valence-electron chi connectivity index (χ0n) is 22.7. The van der Waals surface area contributed by atoms with Gasteiger partial charge in [0.15, 0.2) is 5.11 Å². The smallest absolute Gasteiger partial charge is 0.269 e. The van der Waals surface area contributed by atoms with Crippen LogP contribution in [0.1, 0.15) is 43.8 Å². The van der Waals surface area contributed by atoms with Gasteiger partial charge in [-0.05, 0) is 85.1 Å². The average Bonchev–Trinajstić information content (AvgIpc) is 3.57. The number of non-ortho nitro benzene ring substituents is 1. The zero-order chi connectivity index (χ0) is 28.7. The van der Waals surface area contributed by atoms with Crippen LogP contribution >= 0.6 is 23.8 Å². The highest BCUT2D eigenvalue weighted by atomic mass is 35.5. The molecule has 1 N–H and O–H groups in total. The third-order valence-corrected chi connectivity index (χ3v) is 8.42. The van der Waals surface area contributed by atoms with Crippen LogP contribution in [-0.2, 0) is 0 Å². The van der Waals surface area contributed by atoms with Crippen molar-refractivity contribution in [3.63, 3.8) is 0 Å². The van der Waals surface area contributed by atoms with Crippen molar-refractivity contribution in [2.24, 2.45) is 11.8 Å². The predicted octanol–water partition coefficient (Wildman–Crippen LogP) is 7.56. The Morgan fingerprint density at radius 1 is 1.05 bits per heavy atom. The van der Waals surface area contributed by atoms with Crippen molar-refractivity contribution >= 4 is 46.0 Å². The first-order chi connectivity index (χ1) is 19.8. The Balaban J connectivity index is 1.37. The van der Waals surface area contributed by atoms with Crippen LogP contribution in [0.15, 0.2) is 83.4 Å². The van der Waals surface area contributed by atoms with E-state index in [2.05, 4.69) is 41.2 Å². The second-order valence-corrected chi connectivity index (χ2v) is 11.8. The molecule has 0 unspecified atom stereocenters. The van der Waals surface area contributed by atoms with Crippen LogP contribution in [-0.4, -0.2) is 28.1 Å². The standard InChI is InChI=1S/C31H30ClN5O3S/c1-19-15-20(2)18-35(17-19)26-11-10-23(16-24(26)32)36-30(29(34-31(36)41)25-5-3-4-14-33-25)28-13-12-27(40-28)21-6-8-22(9-7-21)37(38)39/h3-14,16,19-20,29-30H,15,17-18H2,1-2H3,(H,34,41)/t19-,20+,29-,30-/m1/s1. The van der Waals surface area contributed by atoms with Crippen LogP contribution in [0.5, 0.6) is 0 Å². The highest BCUT2D eigenvalue weighted by Gasteiger charge is 2.43. The summed E-state index contributed by atoms with van der Waals surface area (Å²) in [5.41, 5.74) is 3.48. The quantitative estimate of drug-likeness (QED) is 0.140. The molecule has 2 aromatic heterocycles. The lowest BCUT2D eigenvalue weighted by Gasteiger charge is -2.37. The van der Waals surface area contributed by atoms with Gasteiger partial charge in [-0.2, -0.15) is 0 Å². The molecule has 8 nitrogen and oxygen atoms in total. The molecular formula is C31H30ClN5O3S. The number of hydrogen-bond donors (Lipinski definition) is 1. The van der Waals surface area contributed by atoms with Gasteiger partial charge < -0.3 is 19.5 Å². The van der Waals surface area contributed by atoms with Crippen LogP contribution in [0.3, 0.4) is 0 Å². The first-order valence-electron chi connectivity index (χ1n) is 13.7. The summed E-state index contributed by atoms with van der Waals surface area (Å²) in [5, 5.41) is 15.8. The molecular weight excluding hydrogens is 558 g/mol. The van der Waals surface area contributed by atoms with E-state index >= 15 is 0 Å². The lowest BCUT2D eigenvalue weighted by atomic mass is 9.91. The van der Waals surface area contributed by atoms with E-state index in [0.717, 1.165) is 35.7 Å². The summed E-state index contributed by atoms with van der Waals surface area (Å²) < 4.78 is 6.40. The summed E-state index contributed by atoms with van der Waals surface area (Å²) in [7, 11) is 0. The molecule has 4 heterocycles. The van der Waals surface area contributed by atoms with Crippen molar-refractivity contribution in [1.29, 1.82) is 0 Å². The number of hydrogen-bond acceptors (Lipinski definition) is 6. The maximum absolute atomic E-state index is 11.1. The van der Waals surface area contributed by atoms with Crippen LogP contribution in [0, 0.1) is 22.0 Å². The second-order valence-electron chi connectivity index (χ2n) is 11.0. The fraction of sp³-hybridized carbons (Fsp3) is 0.290. The van der Waals surface area contributed by atoms with Crippen LogP contribution in [0.4, 0.5) is 17.1 Å². The lowest BCUT2D eigenvalue weighted by Crippen LogP contribution is -2.38. The van der Waals surface area contributed by atoms with E-state index in [1.165, 1.54) is 18.6 Å². The van der Waals surface area contributed by atoms with E-state index in [1.807, 2.05) is 41.3 Å². The molecule has 4 atom stereocenters. The number of aromatic nitrogens is 1. The van der Waals surface area contributed by atoms with E-state index in [9.17, 15) is 10.1 Å². The van der Waals surface area contributed by atoms with Gasteiger partial charge in [-0.15, -0.1) is 0 Å². The number of benzene rings is 2. The van der Waals surface area contributed by atoms with E-state index in [0.29, 0.717) is 33.5 Å². The number of nitrogens with zero attached hydrogens (tertiary/aromatic N) is 4. The first kappa shape index (κ1) is 27.2. The normalized spacial score (nSPS) is 22.6. The van der Waals surface area contributed by atoms with Gasteiger partial charge in [-0.1, -0.05) is 31.5 Å². The molecule has 0 spiro atoms. The Labute approximate surface area is 249 Å². The van der Waals surface area contributed by atoms with Gasteiger partial charge in [0.25, 0.3) is 5.69 Å². The number of piperidine rings is 1. The second kappa shape index (κ2) is 11.1. The van der Waals surface area contributed by atoms with Crippen molar-refractivity contribution in [2.45, 2.75) is 32.4 Å². The summed E-state index contributed by atoms with van der Waals surface area (Å²) in [4.78, 5) is 19.7. The summed E-state index contributed by atoms with van der Waals surface area (Å²) in [6.45, 7) is 6.54. The van der Waals surface area contributed by atoms with Crippen molar-refractivity contribution in [2.75, 3.05) is 22.9 Å². The molecule has 41 heavy (non-hydrogen) atoms. The number of anilines is 2. The summed E-state index contributed by atoms with van der Waals surface area (Å²) in [6, 6.07) is 21.4.